The van der Waals surface area contributed by atoms with Gasteiger partial charge in [-0.3, -0.25) is 4.79 Å². The average Bonchev–Trinajstić information content (AvgIpc) is 2.94. The Morgan fingerprint density at radius 1 is 1.23 bits per heavy atom. The topological polar surface area (TPSA) is 66.4 Å². The molecule has 1 heterocycles. The monoisotopic (exact) mass is 315 g/mol. The van der Waals surface area contributed by atoms with Gasteiger partial charge in [0.25, 0.3) is 0 Å². The van der Waals surface area contributed by atoms with Crippen LogP contribution < -0.4 is 5.32 Å². The van der Waals surface area contributed by atoms with Gasteiger partial charge in [0.2, 0.25) is 5.91 Å². The predicted octanol–water partition coefficient (Wildman–Crippen LogP) is 3.31. The molecule has 0 spiro atoms. The zero-order valence-corrected chi connectivity index (χ0v) is 12.4. The van der Waals surface area contributed by atoms with Crippen LogP contribution in [0.5, 0.6) is 0 Å². The van der Waals surface area contributed by atoms with Crippen molar-refractivity contribution in [2.45, 2.75) is 12.3 Å². The molecule has 3 rings (SSSR count). The Morgan fingerprint density at radius 2 is 2.05 bits per heavy atom. The van der Waals surface area contributed by atoms with E-state index in [-0.39, 0.29) is 17.4 Å². The van der Waals surface area contributed by atoms with Crippen LogP contribution >= 0.6 is 11.6 Å². The lowest BCUT2D eigenvalue weighted by molar-refractivity contribution is -0.119. The molecule has 2 N–H and O–H groups in total. The van der Waals surface area contributed by atoms with Crippen LogP contribution in [-0.4, -0.2) is 23.5 Å². The van der Waals surface area contributed by atoms with E-state index in [9.17, 15) is 9.59 Å². The third kappa shape index (κ3) is 2.83. The Labute approximate surface area is 132 Å². The Morgan fingerprint density at radius 3 is 2.73 bits per heavy atom. The molecule has 1 fully saturated rings. The van der Waals surface area contributed by atoms with Gasteiger partial charge in [-0.15, -0.1) is 0 Å². The fraction of sp³-hybridized carbons (Fsp3) is 0.176. The number of amides is 1. The highest BCUT2D eigenvalue weighted by atomic mass is 35.5. The number of nitrogens with one attached hydrogen (secondary N) is 1. The number of halogens is 1. The molecular formula is C17H14ClNO3. The second-order valence-electron chi connectivity index (χ2n) is 5.33. The third-order valence-electron chi connectivity index (χ3n) is 3.86. The largest absolute Gasteiger partial charge is 0.478 e. The Bertz CT molecular complexity index is 757. The number of rotatable bonds is 3. The standard InChI is InChI=1S/C17H14ClNO3/c18-15-5-4-10(13-8-16(20)19-9-13)7-14(15)11-2-1-3-12(6-11)17(21)22/h1-7,13H,8-9H2,(H,19,20)(H,21,22). The van der Waals surface area contributed by atoms with Gasteiger partial charge >= 0.3 is 5.97 Å². The Balaban J connectivity index is 2.01. The second kappa shape index (κ2) is 5.81. The van der Waals surface area contributed by atoms with E-state index >= 15 is 0 Å². The molecule has 2 aromatic rings. The molecule has 112 valence electrons. The fourth-order valence-electron chi connectivity index (χ4n) is 2.68. The molecular weight excluding hydrogens is 302 g/mol. The summed E-state index contributed by atoms with van der Waals surface area (Å²) in [6, 6.07) is 12.3. The Kier molecular flexibility index (Phi) is 3.86. The van der Waals surface area contributed by atoms with Gasteiger partial charge in [-0.25, -0.2) is 4.79 Å². The normalized spacial score (nSPS) is 17.3. The number of hydrogen-bond acceptors (Lipinski definition) is 2. The van der Waals surface area contributed by atoms with E-state index in [1.807, 2.05) is 18.2 Å². The molecule has 0 bridgehead atoms. The van der Waals surface area contributed by atoms with Gasteiger partial charge in [0, 0.05) is 29.5 Å². The molecule has 0 radical (unpaired) electrons. The summed E-state index contributed by atoms with van der Waals surface area (Å²) >= 11 is 6.27. The maximum atomic E-state index is 11.4. The van der Waals surface area contributed by atoms with Crippen molar-refractivity contribution in [2.24, 2.45) is 0 Å². The number of benzene rings is 2. The molecule has 1 aliphatic heterocycles. The van der Waals surface area contributed by atoms with Crippen molar-refractivity contribution >= 4 is 23.5 Å². The molecule has 1 atom stereocenters. The summed E-state index contributed by atoms with van der Waals surface area (Å²) in [4.78, 5) is 22.5. The van der Waals surface area contributed by atoms with Gasteiger partial charge in [0.15, 0.2) is 0 Å². The fourth-order valence-corrected chi connectivity index (χ4v) is 2.91. The van der Waals surface area contributed by atoms with Gasteiger partial charge in [-0.1, -0.05) is 29.8 Å². The summed E-state index contributed by atoms with van der Waals surface area (Å²) in [5, 5.41) is 12.5. The van der Waals surface area contributed by atoms with E-state index < -0.39 is 5.97 Å². The van der Waals surface area contributed by atoms with Crippen LogP contribution in [0.2, 0.25) is 5.02 Å². The summed E-state index contributed by atoms with van der Waals surface area (Å²) in [6.45, 7) is 0.620. The van der Waals surface area contributed by atoms with E-state index in [1.54, 1.807) is 24.3 Å². The highest BCUT2D eigenvalue weighted by molar-refractivity contribution is 6.33. The third-order valence-corrected chi connectivity index (χ3v) is 4.19. The number of aromatic carboxylic acids is 1. The molecule has 2 aromatic carbocycles. The molecule has 1 aliphatic rings. The van der Waals surface area contributed by atoms with Gasteiger partial charge < -0.3 is 10.4 Å². The maximum absolute atomic E-state index is 11.4. The minimum Gasteiger partial charge on any atom is -0.478 e. The summed E-state index contributed by atoms with van der Waals surface area (Å²) in [7, 11) is 0. The van der Waals surface area contributed by atoms with Crippen molar-refractivity contribution in [3.05, 3.63) is 58.6 Å². The first kappa shape index (κ1) is 14.6. The maximum Gasteiger partial charge on any atom is 0.335 e. The van der Waals surface area contributed by atoms with Gasteiger partial charge in [0.1, 0.15) is 0 Å². The van der Waals surface area contributed by atoms with Crippen LogP contribution in [0.15, 0.2) is 42.5 Å². The molecule has 0 saturated carbocycles. The van der Waals surface area contributed by atoms with Crippen molar-refractivity contribution < 1.29 is 14.7 Å². The first-order valence-electron chi connectivity index (χ1n) is 6.94. The quantitative estimate of drug-likeness (QED) is 0.913. The molecule has 1 amide bonds. The van der Waals surface area contributed by atoms with Crippen molar-refractivity contribution in [2.75, 3.05) is 6.54 Å². The van der Waals surface area contributed by atoms with Crippen LogP contribution in [0.4, 0.5) is 0 Å². The molecule has 0 aliphatic carbocycles. The van der Waals surface area contributed by atoms with E-state index in [2.05, 4.69) is 5.32 Å². The molecule has 1 saturated heterocycles. The molecule has 22 heavy (non-hydrogen) atoms. The van der Waals surface area contributed by atoms with E-state index in [1.165, 1.54) is 0 Å². The van der Waals surface area contributed by atoms with E-state index in [0.717, 1.165) is 16.7 Å². The highest BCUT2D eigenvalue weighted by Crippen LogP contribution is 2.33. The van der Waals surface area contributed by atoms with Crippen LogP contribution in [0.3, 0.4) is 0 Å². The number of carboxylic acid groups (broad SMARTS) is 1. The zero-order chi connectivity index (χ0) is 15.7. The second-order valence-corrected chi connectivity index (χ2v) is 5.74. The SMILES string of the molecule is O=C1CC(c2ccc(Cl)c(-c3cccc(C(=O)O)c3)c2)CN1. The van der Waals surface area contributed by atoms with Crippen molar-refractivity contribution in [1.29, 1.82) is 0 Å². The lowest BCUT2D eigenvalue weighted by Crippen LogP contribution is -2.13. The first-order chi connectivity index (χ1) is 10.5. The van der Waals surface area contributed by atoms with Crippen molar-refractivity contribution in [1.82, 2.24) is 5.32 Å². The van der Waals surface area contributed by atoms with E-state index in [4.69, 9.17) is 16.7 Å². The van der Waals surface area contributed by atoms with Crippen LogP contribution in [0, 0.1) is 0 Å². The number of hydrogen-bond donors (Lipinski definition) is 2. The minimum atomic E-state index is -0.972. The number of carbonyl (C=O) groups is 2. The van der Waals surface area contributed by atoms with Gasteiger partial charge in [0.05, 0.1) is 5.56 Å². The molecule has 4 nitrogen and oxygen atoms in total. The lowest BCUT2D eigenvalue weighted by atomic mass is 9.94. The van der Waals surface area contributed by atoms with Gasteiger partial charge in [-0.05, 0) is 35.4 Å². The van der Waals surface area contributed by atoms with Crippen molar-refractivity contribution in [3.8, 4) is 11.1 Å². The molecule has 1 unspecified atom stereocenters. The summed E-state index contributed by atoms with van der Waals surface area (Å²) < 4.78 is 0. The lowest BCUT2D eigenvalue weighted by Gasteiger charge is -2.12. The molecule has 0 aromatic heterocycles. The zero-order valence-electron chi connectivity index (χ0n) is 11.7. The Hall–Kier alpha value is -2.33. The number of carboxylic acids is 1. The van der Waals surface area contributed by atoms with Crippen molar-refractivity contribution in [3.63, 3.8) is 0 Å². The summed E-state index contributed by atoms with van der Waals surface area (Å²) in [5.41, 5.74) is 2.78. The first-order valence-corrected chi connectivity index (χ1v) is 7.32. The van der Waals surface area contributed by atoms with Crippen LogP contribution in [-0.2, 0) is 4.79 Å². The van der Waals surface area contributed by atoms with E-state index in [0.29, 0.717) is 18.0 Å². The summed E-state index contributed by atoms with van der Waals surface area (Å²) in [6.07, 6.45) is 0.468. The smallest absolute Gasteiger partial charge is 0.335 e. The summed E-state index contributed by atoms with van der Waals surface area (Å²) in [5.74, 6) is -0.791. The molecule has 5 heteroatoms. The minimum absolute atomic E-state index is 0.0503. The number of carbonyl (C=O) groups excluding carboxylic acids is 1. The highest BCUT2D eigenvalue weighted by Gasteiger charge is 2.23. The van der Waals surface area contributed by atoms with Crippen LogP contribution in [0.1, 0.15) is 28.3 Å². The predicted molar refractivity (Wildman–Crippen MR) is 84.2 cm³/mol. The average molecular weight is 316 g/mol. The van der Waals surface area contributed by atoms with Crippen LogP contribution in [0.25, 0.3) is 11.1 Å². The van der Waals surface area contributed by atoms with Gasteiger partial charge in [-0.2, -0.15) is 0 Å².